The zero-order valence-electron chi connectivity index (χ0n) is 18.0. The van der Waals surface area contributed by atoms with Crippen molar-refractivity contribution in [3.63, 3.8) is 0 Å². The molecular weight excluding hydrogens is 396 g/mol. The number of anilines is 1. The molecule has 0 aliphatic carbocycles. The van der Waals surface area contributed by atoms with Crippen LogP contribution in [0.4, 0.5) is 11.5 Å². The lowest BCUT2D eigenvalue weighted by atomic mass is 10.1. The third kappa shape index (κ3) is 3.29. The number of benzene rings is 2. The molecular formula is C26H24N6. The van der Waals surface area contributed by atoms with Crippen LogP contribution in [0.25, 0.3) is 32.7 Å². The van der Waals surface area contributed by atoms with Crippen molar-refractivity contribution in [3.05, 3.63) is 72.6 Å². The Morgan fingerprint density at radius 3 is 2.62 bits per heavy atom. The van der Waals surface area contributed by atoms with Crippen LogP contribution in [0.1, 0.15) is 5.69 Å². The van der Waals surface area contributed by atoms with Gasteiger partial charge in [-0.2, -0.15) is 0 Å². The smallest absolute Gasteiger partial charge is 0.139 e. The van der Waals surface area contributed by atoms with Crippen molar-refractivity contribution in [2.45, 2.75) is 0 Å². The molecule has 3 aromatic heterocycles. The second-order valence-corrected chi connectivity index (χ2v) is 8.36. The fourth-order valence-corrected chi connectivity index (χ4v) is 4.49. The number of rotatable bonds is 3. The number of hydrogen-bond donors (Lipinski definition) is 1. The monoisotopic (exact) mass is 420 g/mol. The first-order valence-electron chi connectivity index (χ1n) is 11.0. The van der Waals surface area contributed by atoms with Crippen molar-refractivity contribution in [1.29, 1.82) is 0 Å². The van der Waals surface area contributed by atoms with Crippen molar-refractivity contribution in [3.8, 4) is 0 Å². The highest BCUT2D eigenvalue weighted by molar-refractivity contribution is 6.20. The number of likely N-dealkylation sites (N-methyl/N-ethyl adjacent to an activating group) is 1. The highest BCUT2D eigenvalue weighted by Gasteiger charge is 2.21. The number of piperazine rings is 1. The minimum atomic E-state index is 0.840. The molecule has 0 unspecified atom stereocenters. The van der Waals surface area contributed by atoms with Crippen LogP contribution in [0, 0.1) is 0 Å². The molecule has 0 spiro atoms. The molecule has 6 rings (SSSR count). The Kier molecular flexibility index (Phi) is 4.58. The summed E-state index contributed by atoms with van der Waals surface area (Å²) in [6.45, 7) is 4.06. The molecule has 1 aliphatic rings. The van der Waals surface area contributed by atoms with Gasteiger partial charge in [-0.15, -0.1) is 0 Å². The summed E-state index contributed by atoms with van der Waals surface area (Å²) in [5, 5.41) is 3.50. The summed E-state index contributed by atoms with van der Waals surface area (Å²) in [5.74, 6) is 1.07. The highest BCUT2D eigenvalue weighted by atomic mass is 15.3. The zero-order valence-corrected chi connectivity index (χ0v) is 18.0. The van der Waals surface area contributed by atoms with E-state index in [0.29, 0.717) is 0 Å². The summed E-state index contributed by atoms with van der Waals surface area (Å²) in [7, 11) is 2.18. The summed E-state index contributed by atoms with van der Waals surface area (Å²) in [5.41, 5.74) is 4.97. The fraction of sp³-hybridized carbons (Fsp3) is 0.192. The van der Waals surface area contributed by atoms with E-state index in [2.05, 4.69) is 68.2 Å². The van der Waals surface area contributed by atoms with Gasteiger partial charge < -0.3 is 14.8 Å². The van der Waals surface area contributed by atoms with Gasteiger partial charge in [0, 0.05) is 48.7 Å². The van der Waals surface area contributed by atoms with E-state index in [1.807, 2.05) is 24.3 Å². The minimum absolute atomic E-state index is 0.840. The van der Waals surface area contributed by atoms with Gasteiger partial charge in [0.25, 0.3) is 0 Å². The lowest BCUT2D eigenvalue weighted by Crippen LogP contribution is -2.44. The molecule has 0 amide bonds. The van der Waals surface area contributed by atoms with Crippen molar-refractivity contribution >= 4 is 50.4 Å². The van der Waals surface area contributed by atoms with Gasteiger partial charge in [0.15, 0.2) is 0 Å². The molecule has 6 heteroatoms. The van der Waals surface area contributed by atoms with Crippen LogP contribution in [-0.4, -0.2) is 59.3 Å². The van der Waals surface area contributed by atoms with E-state index in [-0.39, 0.29) is 0 Å². The van der Waals surface area contributed by atoms with Gasteiger partial charge in [-0.05, 0) is 43.4 Å². The number of H-pyrrole nitrogens is 1. The van der Waals surface area contributed by atoms with Gasteiger partial charge in [-0.3, -0.25) is 9.98 Å². The predicted octanol–water partition coefficient (Wildman–Crippen LogP) is 4.77. The van der Waals surface area contributed by atoms with Crippen molar-refractivity contribution in [1.82, 2.24) is 19.9 Å². The van der Waals surface area contributed by atoms with E-state index in [1.54, 1.807) is 12.4 Å². The van der Waals surface area contributed by atoms with E-state index in [9.17, 15) is 0 Å². The summed E-state index contributed by atoms with van der Waals surface area (Å²) < 4.78 is 0. The maximum atomic E-state index is 5.16. The number of aromatic amines is 1. The Morgan fingerprint density at radius 2 is 1.78 bits per heavy atom. The predicted molar refractivity (Wildman–Crippen MR) is 132 cm³/mol. The van der Waals surface area contributed by atoms with Crippen LogP contribution in [0.3, 0.4) is 0 Å². The lowest BCUT2D eigenvalue weighted by Gasteiger charge is -2.33. The first-order valence-corrected chi connectivity index (χ1v) is 11.0. The Labute approximate surface area is 186 Å². The molecule has 1 aliphatic heterocycles. The van der Waals surface area contributed by atoms with Crippen LogP contribution in [0.5, 0.6) is 0 Å². The number of hydrogen-bond acceptors (Lipinski definition) is 5. The van der Waals surface area contributed by atoms with Gasteiger partial charge >= 0.3 is 0 Å². The molecule has 1 fully saturated rings. The molecule has 0 bridgehead atoms. The largest absolute Gasteiger partial charge is 0.354 e. The first kappa shape index (κ1) is 19.0. The average Bonchev–Trinajstić information content (AvgIpc) is 3.23. The van der Waals surface area contributed by atoms with Crippen molar-refractivity contribution in [2.24, 2.45) is 4.99 Å². The number of fused-ring (bicyclic) bond motifs is 5. The van der Waals surface area contributed by atoms with Crippen LogP contribution in [0.15, 0.2) is 71.9 Å². The number of nitrogens with zero attached hydrogens (tertiary/aromatic N) is 5. The molecule has 32 heavy (non-hydrogen) atoms. The summed E-state index contributed by atoms with van der Waals surface area (Å²) in [6.07, 6.45) is 3.58. The lowest BCUT2D eigenvalue weighted by molar-refractivity contribution is 0.312. The Morgan fingerprint density at radius 1 is 0.938 bits per heavy atom. The van der Waals surface area contributed by atoms with Gasteiger partial charge in [-0.1, -0.05) is 24.3 Å². The second-order valence-electron chi connectivity index (χ2n) is 8.36. The minimum Gasteiger partial charge on any atom is -0.354 e. The molecule has 6 nitrogen and oxygen atoms in total. The highest BCUT2D eigenvalue weighted by Crippen LogP contribution is 2.38. The molecule has 5 aromatic rings. The van der Waals surface area contributed by atoms with Crippen molar-refractivity contribution in [2.75, 3.05) is 38.1 Å². The number of para-hydroxylation sites is 1. The van der Waals surface area contributed by atoms with Gasteiger partial charge in [0.05, 0.1) is 34.0 Å². The SMILES string of the molecule is CN1CCN(c2nc3ccc(N=Cc4ccccn4)cc3c3[nH]c4ccccc4c23)CC1. The van der Waals surface area contributed by atoms with E-state index in [1.165, 1.54) is 10.8 Å². The van der Waals surface area contributed by atoms with Crippen molar-refractivity contribution < 1.29 is 0 Å². The molecule has 0 atom stereocenters. The Bertz CT molecular complexity index is 1450. The quantitative estimate of drug-likeness (QED) is 0.427. The van der Waals surface area contributed by atoms with Crippen LogP contribution in [0.2, 0.25) is 0 Å². The van der Waals surface area contributed by atoms with Crippen LogP contribution in [-0.2, 0) is 0 Å². The maximum Gasteiger partial charge on any atom is 0.139 e. The number of aliphatic imine (C=N–C) groups is 1. The van der Waals surface area contributed by atoms with Gasteiger partial charge in [0.2, 0.25) is 0 Å². The van der Waals surface area contributed by atoms with E-state index in [0.717, 1.165) is 65.3 Å². The van der Waals surface area contributed by atoms with Crippen LogP contribution >= 0.6 is 0 Å². The number of nitrogens with one attached hydrogen (secondary N) is 1. The average molecular weight is 421 g/mol. The third-order valence-electron chi connectivity index (χ3n) is 6.24. The van der Waals surface area contributed by atoms with E-state index in [4.69, 9.17) is 4.98 Å². The Hall–Kier alpha value is -3.77. The maximum absolute atomic E-state index is 5.16. The molecule has 2 aromatic carbocycles. The molecule has 158 valence electrons. The summed E-state index contributed by atoms with van der Waals surface area (Å²) >= 11 is 0. The summed E-state index contributed by atoms with van der Waals surface area (Å²) in [6, 6.07) is 20.5. The molecule has 0 saturated carbocycles. The number of pyridine rings is 2. The standard InChI is InChI=1S/C26H24N6/c1-31-12-14-32(15-13-31)26-24-20-7-2-3-8-22(20)29-25(24)21-16-18(9-10-23(21)30-26)28-17-19-6-4-5-11-27-19/h2-11,16-17,29H,12-15H2,1H3. The number of aromatic nitrogens is 3. The van der Waals surface area contributed by atoms with Gasteiger partial charge in [-0.25, -0.2) is 4.98 Å². The first-order chi connectivity index (χ1) is 15.8. The second kappa shape index (κ2) is 7.73. The van der Waals surface area contributed by atoms with Crippen LogP contribution < -0.4 is 4.90 Å². The fourth-order valence-electron chi connectivity index (χ4n) is 4.49. The zero-order chi connectivity index (χ0) is 21.5. The van der Waals surface area contributed by atoms with E-state index < -0.39 is 0 Å². The molecule has 4 heterocycles. The third-order valence-corrected chi connectivity index (χ3v) is 6.24. The molecule has 0 radical (unpaired) electrons. The molecule has 1 N–H and O–H groups in total. The van der Waals surface area contributed by atoms with E-state index >= 15 is 0 Å². The van der Waals surface area contributed by atoms with Gasteiger partial charge in [0.1, 0.15) is 5.82 Å². The molecule has 1 saturated heterocycles. The summed E-state index contributed by atoms with van der Waals surface area (Å²) in [4.78, 5) is 22.6. The topological polar surface area (TPSA) is 60.4 Å². The Balaban J connectivity index is 1.54. The normalized spacial score (nSPS) is 15.5.